The lowest BCUT2D eigenvalue weighted by atomic mass is 10.1. The topological polar surface area (TPSA) is 87.1 Å². The molecule has 7 heteroatoms. The van der Waals surface area contributed by atoms with Crippen molar-refractivity contribution in [2.75, 3.05) is 13.7 Å². The van der Waals surface area contributed by atoms with Gasteiger partial charge in [-0.3, -0.25) is 4.79 Å². The minimum atomic E-state index is -0.331. The highest BCUT2D eigenvalue weighted by atomic mass is 32.1. The van der Waals surface area contributed by atoms with Gasteiger partial charge in [0.15, 0.2) is 0 Å². The Balaban J connectivity index is 1.79. The summed E-state index contributed by atoms with van der Waals surface area (Å²) in [4.78, 5) is 16.6. The minimum absolute atomic E-state index is 0.331. The first-order valence-corrected chi connectivity index (χ1v) is 8.00. The molecule has 1 aromatic heterocycles. The molecule has 2 aromatic rings. The minimum Gasteiger partial charge on any atom is -0.493 e. The number of allylic oxidation sites excluding steroid dienone is 1. The summed E-state index contributed by atoms with van der Waals surface area (Å²) in [6, 6.07) is 5.96. The lowest BCUT2D eigenvalue weighted by Gasteiger charge is -2.03. The Morgan fingerprint density at radius 3 is 3.13 bits per heavy atom. The van der Waals surface area contributed by atoms with Crippen LogP contribution in [-0.2, 0) is 6.42 Å². The largest absolute Gasteiger partial charge is 0.493 e. The summed E-state index contributed by atoms with van der Waals surface area (Å²) in [5.41, 5.74) is 2.87. The maximum atomic E-state index is 12.2. The third kappa shape index (κ3) is 3.24. The van der Waals surface area contributed by atoms with Crippen molar-refractivity contribution >= 4 is 23.5 Å². The van der Waals surface area contributed by atoms with Crippen LogP contribution in [0.1, 0.15) is 16.1 Å². The van der Waals surface area contributed by atoms with E-state index < -0.39 is 0 Å². The van der Waals surface area contributed by atoms with E-state index in [0.717, 1.165) is 29.0 Å². The van der Waals surface area contributed by atoms with Crippen LogP contribution in [-0.4, -0.2) is 30.8 Å². The standard InChI is InChI=1S/C16H16N4O2S/c1-18-8-12(7-17)19-15(21)13-9-23-16(20-13)11-2-3-14-10(6-11)4-5-22-14/h2-3,6-9,17-18H,4-5H2,1H3,(H,19,21)/b12-8+,17-7?. The maximum absolute atomic E-state index is 12.2. The van der Waals surface area contributed by atoms with E-state index in [1.54, 1.807) is 18.6 Å². The van der Waals surface area contributed by atoms with Gasteiger partial charge in [-0.25, -0.2) is 4.98 Å². The number of fused-ring (bicyclic) bond motifs is 1. The van der Waals surface area contributed by atoms with Crippen molar-refractivity contribution in [2.45, 2.75) is 6.42 Å². The van der Waals surface area contributed by atoms with Crippen molar-refractivity contribution in [1.82, 2.24) is 15.6 Å². The molecular weight excluding hydrogens is 312 g/mol. The molecule has 1 aliphatic heterocycles. The summed E-state index contributed by atoms with van der Waals surface area (Å²) < 4.78 is 5.50. The molecule has 1 amide bonds. The number of carbonyl (C=O) groups is 1. The van der Waals surface area contributed by atoms with E-state index in [-0.39, 0.29) is 5.91 Å². The molecule has 0 atom stereocenters. The van der Waals surface area contributed by atoms with E-state index in [4.69, 9.17) is 10.1 Å². The van der Waals surface area contributed by atoms with Crippen molar-refractivity contribution in [3.63, 3.8) is 0 Å². The van der Waals surface area contributed by atoms with E-state index in [9.17, 15) is 4.79 Å². The maximum Gasteiger partial charge on any atom is 0.275 e. The van der Waals surface area contributed by atoms with Crippen LogP contribution in [0.4, 0.5) is 0 Å². The van der Waals surface area contributed by atoms with Gasteiger partial charge >= 0.3 is 0 Å². The molecule has 0 saturated carbocycles. The van der Waals surface area contributed by atoms with Gasteiger partial charge in [0, 0.05) is 36.8 Å². The fraction of sp³-hybridized carbons (Fsp3) is 0.188. The van der Waals surface area contributed by atoms with E-state index in [0.29, 0.717) is 18.0 Å². The lowest BCUT2D eigenvalue weighted by Crippen LogP contribution is -2.24. The van der Waals surface area contributed by atoms with E-state index in [1.807, 2.05) is 12.1 Å². The number of nitrogens with zero attached hydrogens (tertiary/aromatic N) is 1. The number of ether oxygens (including phenoxy) is 1. The molecule has 3 rings (SSSR count). The molecule has 0 bridgehead atoms. The summed E-state index contributed by atoms with van der Waals surface area (Å²) >= 11 is 1.42. The van der Waals surface area contributed by atoms with Crippen molar-refractivity contribution in [3.05, 3.63) is 46.7 Å². The molecule has 1 aliphatic rings. The van der Waals surface area contributed by atoms with Crippen molar-refractivity contribution < 1.29 is 9.53 Å². The van der Waals surface area contributed by atoms with Crippen LogP contribution in [0.5, 0.6) is 5.75 Å². The highest BCUT2D eigenvalue weighted by Gasteiger charge is 2.16. The molecule has 2 heterocycles. The van der Waals surface area contributed by atoms with Crippen LogP contribution < -0.4 is 15.4 Å². The van der Waals surface area contributed by atoms with Crippen molar-refractivity contribution in [3.8, 4) is 16.3 Å². The fourth-order valence-corrected chi connectivity index (χ4v) is 3.09. The Morgan fingerprint density at radius 2 is 2.35 bits per heavy atom. The first kappa shape index (κ1) is 15.2. The van der Waals surface area contributed by atoms with Gasteiger partial charge in [-0.05, 0) is 23.8 Å². The summed E-state index contributed by atoms with van der Waals surface area (Å²) in [5.74, 6) is 0.595. The Labute approximate surface area is 137 Å². The molecule has 23 heavy (non-hydrogen) atoms. The van der Waals surface area contributed by atoms with Gasteiger partial charge in [-0.15, -0.1) is 11.3 Å². The van der Waals surface area contributed by atoms with Gasteiger partial charge in [0.05, 0.1) is 12.3 Å². The summed E-state index contributed by atoms with van der Waals surface area (Å²) in [6.45, 7) is 0.717. The first-order valence-electron chi connectivity index (χ1n) is 7.12. The molecule has 1 aromatic carbocycles. The molecule has 0 fully saturated rings. The predicted octanol–water partition coefficient (Wildman–Crippen LogP) is 2.19. The second-order valence-electron chi connectivity index (χ2n) is 4.95. The van der Waals surface area contributed by atoms with Crippen LogP contribution in [0, 0.1) is 5.41 Å². The molecule has 6 nitrogen and oxygen atoms in total. The summed E-state index contributed by atoms with van der Waals surface area (Å²) in [5, 5.41) is 15.2. The third-order valence-electron chi connectivity index (χ3n) is 3.39. The number of rotatable bonds is 5. The van der Waals surface area contributed by atoms with Crippen LogP contribution in [0.2, 0.25) is 0 Å². The number of hydrogen-bond donors (Lipinski definition) is 3. The Hall–Kier alpha value is -2.67. The number of hydrogen-bond acceptors (Lipinski definition) is 6. The summed E-state index contributed by atoms with van der Waals surface area (Å²) in [7, 11) is 1.70. The molecule has 0 spiro atoms. The average molecular weight is 328 g/mol. The zero-order valence-electron chi connectivity index (χ0n) is 12.6. The van der Waals surface area contributed by atoms with Crippen molar-refractivity contribution in [2.24, 2.45) is 0 Å². The number of aromatic nitrogens is 1. The zero-order valence-corrected chi connectivity index (χ0v) is 13.4. The molecule has 0 unspecified atom stereocenters. The third-order valence-corrected chi connectivity index (χ3v) is 4.28. The van der Waals surface area contributed by atoms with Gasteiger partial charge in [0.2, 0.25) is 0 Å². The Bertz CT molecular complexity index is 782. The number of carbonyl (C=O) groups excluding carboxylic acids is 1. The van der Waals surface area contributed by atoms with E-state index >= 15 is 0 Å². The van der Waals surface area contributed by atoms with Crippen molar-refractivity contribution in [1.29, 1.82) is 5.41 Å². The molecule has 3 N–H and O–H groups in total. The quantitative estimate of drug-likeness (QED) is 0.734. The number of nitrogens with one attached hydrogen (secondary N) is 3. The molecule has 0 aliphatic carbocycles. The average Bonchev–Trinajstić information content (AvgIpc) is 3.22. The highest BCUT2D eigenvalue weighted by Crippen LogP contribution is 2.31. The molecule has 118 valence electrons. The fourth-order valence-electron chi connectivity index (χ4n) is 2.29. The smallest absolute Gasteiger partial charge is 0.275 e. The van der Waals surface area contributed by atoms with Gasteiger partial charge in [-0.2, -0.15) is 0 Å². The Kier molecular flexibility index (Phi) is 4.38. The SMILES string of the molecule is CN/C=C(\C=N)NC(=O)c1csc(-c2ccc3c(c2)CCO3)n1. The molecular formula is C16H16N4O2S. The molecule has 0 saturated heterocycles. The normalized spacial score (nSPS) is 13.2. The second-order valence-corrected chi connectivity index (χ2v) is 5.80. The Morgan fingerprint density at radius 1 is 1.48 bits per heavy atom. The second kappa shape index (κ2) is 6.62. The van der Waals surface area contributed by atoms with E-state index in [2.05, 4.69) is 21.7 Å². The van der Waals surface area contributed by atoms with Crippen LogP contribution in [0.3, 0.4) is 0 Å². The van der Waals surface area contributed by atoms with E-state index in [1.165, 1.54) is 16.9 Å². The number of benzene rings is 1. The van der Waals surface area contributed by atoms with Gasteiger partial charge in [-0.1, -0.05) is 0 Å². The highest BCUT2D eigenvalue weighted by molar-refractivity contribution is 7.13. The lowest BCUT2D eigenvalue weighted by molar-refractivity contribution is 0.0964. The van der Waals surface area contributed by atoms with Gasteiger partial charge < -0.3 is 20.8 Å². The van der Waals surface area contributed by atoms with Crippen LogP contribution in [0.25, 0.3) is 10.6 Å². The zero-order chi connectivity index (χ0) is 16.2. The first-order chi connectivity index (χ1) is 11.2. The predicted molar refractivity (Wildman–Crippen MR) is 90.1 cm³/mol. The van der Waals surface area contributed by atoms with Gasteiger partial charge in [0.1, 0.15) is 16.5 Å². The number of thiazole rings is 1. The summed E-state index contributed by atoms with van der Waals surface area (Å²) in [6.07, 6.45) is 3.51. The molecule has 0 radical (unpaired) electrons. The van der Waals surface area contributed by atoms with Crippen LogP contribution in [0.15, 0.2) is 35.5 Å². The number of amides is 1. The van der Waals surface area contributed by atoms with Gasteiger partial charge in [0.25, 0.3) is 5.91 Å². The van der Waals surface area contributed by atoms with Crippen LogP contribution >= 0.6 is 11.3 Å². The monoisotopic (exact) mass is 328 g/mol.